The molecular weight excluding hydrogens is 354 g/mol. The summed E-state index contributed by atoms with van der Waals surface area (Å²) in [4.78, 5) is 34.7. The summed E-state index contributed by atoms with van der Waals surface area (Å²) in [6, 6.07) is 12.1. The number of ether oxygens (including phenoxy) is 1. The van der Waals surface area contributed by atoms with Crippen LogP contribution in [0.15, 0.2) is 53.4 Å². The fourth-order valence-electron chi connectivity index (χ4n) is 2.16. The van der Waals surface area contributed by atoms with Crippen molar-refractivity contribution in [2.24, 2.45) is 0 Å². The van der Waals surface area contributed by atoms with Crippen molar-refractivity contribution >= 4 is 28.5 Å². The van der Waals surface area contributed by atoms with Crippen molar-refractivity contribution in [3.8, 4) is 5.75 Å². The monoisotopic (exact) mass is 373 g/mol. The number of nitro benzene ring substituents is 1. The van der Waals surface area contributed by atoms with E-state index >= 15 is 0 Å². The molecule has 0 bridgehead atoms. The molecule has 0 unspecified atom stereocenters. The molecule has 0 radical (unpaired) electrons. The Morgan fingerprint density at radius 1 is 1.04 bits per heavy atom. The van der Waals surface area contributed by atoms with Crippen LogP contribution in [0, 0.1) is 10.1 Å². The maximum atomic E-state index is 12.3. The number of non-ortho nitro benzene ring substituents is 1. The van der Waals surface area contributed by atoms with Crippen LogP contribution in [0.1, 0.15) is 43.0 Å². The predicted octanol–water partition coefficient (Wildman–Crippen LogP) is 5.01. The quantitative estimate of drug-likeness (QED) is 0.161. The van der Waals surface area contributed by atoms with E-state index in [-0.39, 0.29) is 16.8 Å². The van der Waals surface area contributed by atoms with Crippen molar-refractivity contribution in [3.63, 3.8) is 0 Å². The van der Waals surface area contributed by atoms with Crippen LogP contribution in [-0.2, 0) is 4.79 Å². The van der Waals surface area contributed by atoms with E-state index < -0.39 is 4.92 Å². The lowest BCUT2D eigenvalue weighted by atomic mass is 10.2. The van der Waals surface area contributed by atoms with Crippen molar-refractivity contribution in [2.45, 2.75) is 37.5 Å². The topological polar surface area (TPSA) is 86.5 Å². The van der Waals surface area contributed by atoms with Gasteiger partial charge < -0.3 is 4.74 Å². The summed E-state index contributed by atoms with van der Waals surface area (Å²) in [7, 11) is 0. The SMILES string of the molecule is CCCCCC(=O)Oc1ccc(C(=O)Sc2ccc([N+](=O)[O-])cc2)cc1. The van der Waals surface area contributed by atoms with E-state index in [1.807, 2.05) is 0 Å². The van der Waals surface area contributed by atoms with Gasteiger partial charge >= 0.3 is 5.97 Å². The van der Waals surface area contributed by atoms with E-state index in [1.54, 1.807) is 24.3 Å². The highest BCUT2D eigenvalue weighted by atomic mass is 32.2. The third kappa shape index (κ3) is 6.00. The van der Waals surface area contributed by atoms with E-state index in [0.29, 0.717) is 22.6 Å². The smallest absolute Gasteiger partial charge is 0.311 e. The maximum Gasteiger partial charge on any atom is 0.311 e. The number of hydrogen-bond donors (Lipinski definition) is 0. The fraction of sp³-hybridized carbons (Fsp3) is 0.263. The molecule has 26 heavy (non-hydrogen) atoms. The largest absolute Gasteiger partial charge is 0.427 e. The summed E-state index contributed by atoms with van der Waals surface area (Å²) in [5.74, 6) is 0.126. The summed E-state index contributed by atoms with van der Waals surface area (Å²) in [5, 5.41) is 10.4. The van der Waals surface area contributed by atoms with Crippen LogP contribution < -0.4 is 4.74 Å². The summed E-state index contributed by atoms with van der Waals surface area (Å²) < 4.78 is 5.23. The van der Waals surface area contributed by atoms with Crippen LogP contribution >= 0.6 is 11.8 Å². The number of rotatable bonds is 8. The Kier molecular flexibility index (Phi) is 7.35. The van der Waals surface area contributed by atoms with Gasteiger partial charge in [0.15, 0.2) is 0 Å². The number of carbonyl (C=O) groups excluding carboxylic acids is 2. The van der Waals surface area contributed by atoms with Crippen molar-refractivity contribution < 1.29 is 19.2 Å². The van der Waals surface area contributed by atoms with Crippen LogP contribution in [-0.4, -0.2) is 16.0 Å². The number of esters is 1. The van der Waals surface area contributed by atoms with Crippen LogP contribution in [0.2, 0.25) is 0 Å². The molecule has 0 aliphatic rings. The van der Waals surface area contributed by atoms with Gasteiger partial charge in [0, 0.05) is 29.0 Å². The minimum Gasteiger partial charge on any atom is -0.427 e. The Morgan fingerprint density at radius 3 is 2.27 bits per heavy atom. The summed E-state index contributed by atoms with van der Waals surface area (Å²) in [6.45, 7) is 2.07. The lowest BCUT2D eigenvalue weighted by Crippen LogP contribution is -2.07. The zero-order valence-electron chi connectivity index (χ0n) is 14.3. The number of nitrogens with zero attached hydrogens (tertiary/aromatic N) is 1. The average molecular weight is 373 g/mol. The van der Waals surface area contributed by atoms with Gasteiger partial charge in [0.25, 0.3) is 5.69 Å². The first kappa shape index (κ1) is 19.7. The minimum atomic E-state index is -0.488. The van der Waals surface area contributed by atoms with Gasteiger partial charge in [-0.1, -0.05) is 19.8 Å². The van der Waals surface area contributed by atoms with Gasteiger partial charge in [0.2, 0.25) is 5.12 Å². The maximum absolute atomic E-state index is 12.3. The van der Waals surface area contributed by atoms with Crippen LogP contribution in [0.5, 0.6) is 5.75 Å². The second kappa shape index (κ2) is 9.72. The number of benzene rings is 2. The second-order valence-electron chi connectivity index (χ2n) is 5.60. The third-order valence-corrected chi connectivity index (χ3v) is 4.49. The van der Waals surface area contributed by atoms with Crippen LogP contribution in [0.25, 0.3) is 0 Å². The first-order valence-electron chi connectivity index (χ1n) is 8.27. The molecule has 6 nitrogen and oxygen atoms in total. The molecule has 0 saturated heterocycles. The molecular formula is C19H19NO5S. The van der Waals surface area contributed by atoms with Gasteiger partial charge in [-0.25, -0.2) is 0 Å². The molecule has 2 aromatic carbocycles. The molecule has 7 heteroatoms. The third-order valence-electron chi connectivity index (χ3n) is 3.56. The zero-order chi connectivity index (χ0) is 18.9. The Morgan fingerprint density at radius 2 is 1.69 bits per heavy atom. The molecule has 0 atom stereocenters. The highest BCUT2D eigenvalue weighted by molar-refractivity contribution is 8.14. The van der Waals surface area contributed by atoms with E-state index in [0.717, 1.165) is 31.0 Å². The lowest BCUT2D eigenvalue weighted by molar-refractivity contribution is -0.384. The Hall–Kier alpha value is -2.67. The van der Waals surface area contributed by atoms with Gasteiger partial charge in [-0.15, -0.1) is 0 Å². The van der Waals surface area contributed by atoms with E-state index in [2.05, 4.69) is 6.92 Å². The molecule has 0 aromatic heterocycles. The van der Waals surface area contributed by atoms with Gasteiger partial charge in [-0.05, 0) is 54.6 Å². The minimum absolute atomic E-state index is 0.0214. The highest BCUT2D eigenvalue weighted by Crippen LogP contribution is 2.26. The van der Waals surface area contributed by atoms with E-state index in [4.69, 9.17) is 4.74 Å². The summed E-state index contributed by atoms with van der Waals surface area (Å²) >= 11 is 0.981. The number of carbonyl (C=O) groups is 2. The Balaban J connectivity index is 1.91. The number of thioether (sulfide) groups is 1. The van der Waals surface area contributed by atoms with E-state index in [1.165, 1.54) is 24.3 Å². The molecule has 0 N–H and O–H groups in total. The number of nitro groups is 1. The van der Waals surface area contributed by atoms with Crippen LogP contribution in [0.4, 0.5) is 5.69 Å². The molecule has 0 amide bonds. The molecule has 2 aromatic rings. The second-order valence-corrected chi connectivity index (χ2v) is 6.64. The predicted molar refractivity (Wildman–Crippen MR) is 99.5 cm³/mol. The summed E-state index contributed by atoms with van der Waals surface area (Å²) in [5.41, 5.74) is 0.436. The fourth-order valence-corrected chi connectivity index (χ4v) is 2.90. The zero-order valence-corrected chi connectivity index (χ0v) is 15.2. The molecule has 2 rings (SSSR count). The molecule has 0 heterocycles. The van der Waals surface area contributed by atoms with Crippen LogP contribution in [0.3, 0.4) is 0 Å². The van der Waals surface area contributed by atoms with Crippen molar-refractivity contribution in [1.82, 2.24) is 0 Å². The van der Waals surface area contributed by atoms with Gasteiger partial charge in [0.1, 0.15) is 5.75 Å². The molecule has 136 valence electrons. The van der Waals surface area contributed by atoms with Crippen molar-refractivity contribution in [1.29, 1.82) is 0 Å². The Bertz CT molecular complexity index is 772. The average Bonchev–Trinajstić information content (AvgIpc) is 2.63. The normalized spacial score (nSPS) is 10.3. The van der Waals surface area contributed by atoms with Gasteiger partial charge in [0.05, 0.1) is 4.92 Å². The van der Waals surface area contributed by atoms with Gasteiger partial charge in [-0.2, -0.15) is 0 Å². The number of hydrogen-bond acceptors (Lipinski definition) is 6. The first-order chi connectivity index (χ1) is 12.5. The molecule has 0 aliphatic carbocycles. The number of unbranched alkanes of at least 4 members (excludes halogenated alkanes) is 2. The molecule has 0 saturated carbocycles. The van der Waals surface area contributed by atoms with Gasteiger partial charge in [-0.3, -0.25) is 19.7 Å². The van der Waals surface area contributed by atoms with E-state index in [9.17, 15) is 19.7 Å². The standard InChI is InChI=1S/C19H19NO5S/c1-2-3-4-5-18(21)25-16-10-6-14(7-11-16)19(22)26-17-12-8-15(9-13-17)20(23)24/h6-13H,2-5H2,1H3. The highest BCUT2D eigenvalue weighted by Gasteiger charge is 2.11. The molecule has 0 aliphatic heterocycles. The molecule has 0 fully saturated rings. The summed E-state index contributed by atoms with van der Waals surface area (Å²) in [6.07, 6.45) is 3.21. The Labute approximate surface area is 155 Å². The van der Waals surface area contributed by atoms with Crippen molar-refractivity contribution in [2.75, 3.05) is 0 Å². The molecule has 0 spiro atoms. The van der Waals surface area contributed by atoms with Crippen molar-refractivity contribution in [3.05, 3.63) is 64.2 Å². The lowest BCUT2D eigenvalue weighted by Gasteiger charge is -2.05. The first-order valence-corrected chi connectivity index (χ1v) is 9.08.